The van der Waals surface area contributed by atoms with Crippen LogP contribution in [0.1, 0.15) is 18.4 Å². The molecular weight excluding hydrogens is 294 g/mol. The van der Waals surface area contributed by atoms with E-state index < -0.39 is 14.9 Å². The molecule has 0 unspecified atom stereocenters. The number of hydrogen-bond donors (Lipinski definition) is 2. The third kappa shape index (κ3) is 4.40. The number of anilines is 1. The quantitative estimate of drug-likeness (QED) is 0.635. The topological polar surface area (TPSA) is 101 Å². The largest absolute Gasteiger partial charge is 0.317 e. The summed E-state index contributed by atoms with van der Waals surface area (Å²) in [6.45, 7) is 3.27. The van der Waals surface area contributed by atoms with Gasteiger partial charge in [0.2, 0.25) is 10.0 Å². The highest BCUT2D eigenvalue weighted by Crippen LogP contribution is 2.23. The molecule has 1 fully saturated rings. The fraction of sp³-hybridized carbons (Fsp3) is 0.538. The lowest BCUT2D eigenvalue weighted by molar-refractivity contribution is -0.385. The summed E-state index contributed by atoms with van der Waals surface area (Å²) in [7, 11) is -3.43. The third-order valence-electron chi connectivity index (χ3n) is 3.58. The Hall–Kier alpha value is -1.67. The van der Waals surface area contributed by atoms with Crippen LogP contribution in [0.15, 0.2) is 18.2 Å². The number of hydrogen-bond acceptors (Lipinski definition) is 5. The Bertz CT molecular complexity index is 624. The van der Waals surface area contributed by atoms with Crippen molar-refractivity contribution >= 4 is 21.4 Å². The molecule has 1 saturated heterocycles. The molecule has 0 amide bonds. The lowest BCUT2D eigenvalue weighted by Gasteiger charge is -2.22. The number of piperidine rings is 1. The minimum absolute atomic E-state index is 0.0173. The van der Waals surface area contributed by atoms with E-state index in [4.69, 9.17) is 0 Å². The van der Waals surface area contributed by atoms with Crippen molar-refractivity contribution in [1.29, 1.82) is 0 Å². The van der Waals surface area contributed by atoms with E-state index in [1.165, 1.54) is 18.2 Å². The van der Waals surface area contributed by atoms with Crippen molar-refractivity contribution in [2.24, 2.45) is 5.92 Å². The molecule has 7 nitrogen and oxygen atoms in total. The van der Waals surface area contributed by atoms with Gasteiger partial charge in [-0.2, -0.15) is 0 Å². The second-order valence-electron chi connectivity index (χ2n) is 5.34. The molecule has 2 N–H and O–H groups in total. The van der Waals surface area contributed by atoms with Gasteiger partial charge in [0.15, 0.2) is 0 Å². The van der Waals surface area contributed by atoms with Gasteiger partial charge in [0.25, 0.3) is 5.69 Å². The van der Waals surface area contributed by atoms with Gasteiger partial charge in [0.05, 0.1) is 10.7 Å². The fourth-order valence-electron chi connectivity index (χ4n) is 2.50. The van der Waals surface area contributed by atoms with Gasteiger partial charge in [0.1, 0.15) is 0 Å². The Kier molecular flexibility index (Phi) is 4.79. The molecule has 0 atom stereocenters. The molecule has 0 spiro atoms. The summed E-state index contributed by atoms with van der Waals surface area (Å²) in [5, 5.41) is 13.9. The molecule has 0 aliphatic carbocycles. The van der Waals surface area contributed by atoms with E-state index in [9.17, 15) is 18.5 Å². The number of benzene rings is 1. The van der Waals surface area contributed by atoms with E-state index in [0.29, 0.717) is 11.3 Å². The van der Waals surface area contributed by atoms with Gasteiger partial charge in [-0.1, -0.05) is 0 Å². The average Bonchev–Trinajstić information content (AvgIpc) is 2.38. The summed E-state index contributed by atoms with van der Waals surface area (Å²) in [5.74, 6) is 0.243. The van der Waals surface area contributed by atoms with Crippen LogP contribution in [0.2, 0.25) is 0 Å². The first-order valence-electron chi connectivity index (χ1n) is 6.83. The molecule has 8 heteroatoms. The highest BCUT2D eigenvalue weighted by atomic mass is 32.2. The fourth-order valence-corrected chi connectivity index (χ4v) is 4.03. The van der Waals surface area contributed by atoms with Crippen LogP contribution in [-0.2, 0) is 10.0 Å². The predicted molar refractivity (Wildman–Crippen MR) is 80.8 cm³/mol. The van der Waals surface area contributed by atoms with Crippen molar-refractivity contribution < 1.29 is 13.3 Å². The molecule has 116 valence electrons. The van der Waals surface area contributed by atoms with E-state index in [1.807, 2.05) is 0 Å². The molecule has 1 aromatic rings. The molecule has 0 aromatic heterocycles. The zero-order chi connectivity index (χ0) is 15.5. The Morgan fingerprint density at radius 2 is 2.05 bits per heavy atom. The van der Waals surface area contributed by atoms with Gasteiger partial charge in [-0.15, -0.1) is 0 Å². The summed E-state index contributed by atoms with van der Waals surface area (Å²) >= 11 is 0. The zero-order valence-corrected chi connectivity index (χ0v) is 12.6. The minimum atomic E-state index is -3.43. The van der Waals surface area contributed by atoms with Crippen LogP contribution >= 0.6 is 0 Å². The lowest BCUT2D eigenvalue weighted by atomic mass is 10.0. The number of nitrogens with zero attached hydrogens (tertiary/aromatic N) is 1. The SMILES string of the molecule is Cc1cc(NS(=O)(=O)CC2CCNCC2)ccc1[N+](=O)[O-]. The van der Waals surface area contributed by atoms with Crippen LogP contribution in [0.5, 0.6) is 0 Å². The van der Waals surface area contributed by atoms with E-state index in [2.05, 4.69) is 10.0 Å². The van der Waals surface area contributed by atoms with Crippen molar-refractivity contribution in [3.05, 3.63) is 33.9 Å². The first kappa shape index (κ1) is 15.7. The second kappa shape index (κ2) is 6.40. The maximum Gasteiger partial charge on any atom is 0.272 e. The van der Waals surface area contributed by atoms with Crippen LogP contribution in [0, 0.1) is 23.0 Å². The summed E-state index contributed by atoms with van der Waals surface area (Å²) in [6.07, 6.45) is 1.69. The highest BCUT2D eigenvalue weighted by molar-refractivity contribution is 7.92. The standard InChI is InChI=1S/C13H19N3O4S/c1-10-8-12(2-3-13(10)16(17)18)15-21(19,20)9-11-4-6-14-7-5-11/h2-3,8,11,14-15H,4-7,9H2,1H3. The summed E-state index contributed by atoms with van der Waals surface area (Å²) in [5.41, 5.74) is 0.783. The monoisotopic (exact) mass is 313 g/mol. The Morgan fingerprint density at radius 3 is 2.62 bits per heavy atom. The van der Waals surface area contributed by atoms with Gasteiger partial charge in [-0.25, -0.2) is 8.42 Å². The number of aryl methyl sites for hydroxylation is 1. The number of nitro groups is 1. The van der Waals surface area contributed by atoms with Gasteiger partial charge in [-0.3, -0.25) is 14.8 Å². The molecular formula is C13H19N3O4S. The Labute approximate surface area is 123 Å². The van der Waals surface area contributed by atoms with E-state index in [1.54, 1.807) is 6.92 Å². The molecule has 0 saturated carbocycles. The predicted octanol–water partition coefficient (Wildman–Crippen LogP) is 1.64. The first-order chi connectivity index (χ1) is 9.87. The maximum absolute atomic E-state index is 12.1. The van der Waals surface area contributed by atoms with Crippen LogP contribution in [-0.4, -0.2) is 32.2 Å². The summed E-state index contributed by atoms with van der Waals surface area (Å²) in [6, 6.07) is 4.22. The van der Waals surface area contributed by atoms with Crippen molar-refractivity contribution in [3.63, 3.8) is 0 Å². The molecule has 0 radical (unpaired) electrons. The van der Waals surface area contributed by atoms with Gasteiger partial charge < -0.3 is 5.32 Å². The van der Waals surface area contributed by atoms with Crippen LogP contribution in [0.4, 0.5) is 11.4 Å². The zero-order valence-electron chi connectivity index (χ0n) is 11.8. The van der Waals surface area contributed by atoms with Gasteiger partial charge in [-0.05, 0) is 50.9 Å². The molecule has 1 aliphatic heterocycles. The molecule has 1 heterocycles. The van der Waals surface area contributed by atoms with Crippen LogP contribution in [0.25, 0.3) is 0 Å². The summed E-state index contributed by atoms with van der Waals surface area (Å²) < 4.78 is 26.8. The third-order valence-corrected chi connectivity index (χ3v) is 5.04. The number of sulfonamides is 1. The van der Waals surface area contributed by atoms with E-state index in [-0.39, 0.29) is 17.4 Å². The van der Waals surface area contributed by atoms with Crippen molar-refractivity contribution in [3.8, 4) is 0 Å². The van der Waals surface area contributed by atoms with Crippen LogP contribution in [0.3, 0.4) is 0 Å². The molecule has 0 bridgehead atoms. The maximum atomic E-state index is 12.1. The normalized spacial score (nSPS) is 16.6. The Balaban J connectivity index is 2.05. The molecule has 1 aromatic carbocycles. The first-order valence-corrected chi connectivity index (χ1v) is 8.49. The number of nitro benzene ring substituents is 1. The van der Waals surface area contributed by atoms with Crippen molar-refractivity contribution in [2.75, 3.05) is 23.6 Å². The van der Waals surface area contributed by atoms with Crippen LogP contribution < -0.4 is 10.0 Å². The number of nitrogens with one attached hydrogen (secondary N) is 2. The molecule has 2 rings (SSSR count). The van der Waals surface area contributed by atoms with Crippen molar-refractivity contribution in [1.82, 2.24) is 5.32 Å². The van der Waals surface area contributed by atoms with Crippen molar-refractivity contribution in [2.45, 2.75) is 19.8 Å². The number of rotatable bonds is 5. The minimum Gasteiger partial charge on any atom is -0.317 e. The van der Waals surface area contributed by atoms with Gasteiger partial charge >= 0.3 is 0 Å². The smallest absolute Gasteiger partial charge is 0.272 e. The van der Waals surface area contributed by atoms with E-state index in [0.717, 1.165) is 25.9 Å². The highest BCUT2D eigenvalue weighted by Gasteiger charge is 2.21. The molecule has 1 aliphatic rings. The van der Waals surface area contributed by atoms with Gasteiger partial charge in [0, 0.05) is 17.3 Å². The second-order valence-corrected chi connectivity index (χ2v) is 7.10. The molecule has 21 heavy (non-hydrogen) atoms. The summed E-state index contributed by atoms with van der Waals surface area (Å²) in [4.78, 5) is 10.3. The van der Waals surface area contributed by atoms with E-state index >= 15 is 0 Å². The average molecular weight is 313 g/mol. The Morgan fingerprint density at radius 1 is 1.38 bits per heavy atom. The lowest BCUT2D eigenvalue weighted by Crippen LogP contribution is -2.33.